The van der Waals surface area contributed by atoms with Gasteiger partial charge in [0.05, 0.1) is 37.8 Å². The molecule has 2 N–H and O–H groups in total. The standard InChI is InChI=1S/C21H25N5O4/c1-13(2)15-10-16(18(29-3)11-17(15)27)20-23-24-21(28)26(20)14-4-5-19(22-12-14)25-6-8-30-9-7-25/h4-5,10-13,27H,6-9H2,1-3H3,(H,24,28). The van der Waals surface area contributed by atoms with Crippen LogP contribution in [0.2, 0.25) is 0 Å². The number of hydrogen-bond acceptors (Lipinski definition) is 8. The van der Waals surface area contributed by atoms with Gasteiger partial charge in [0.25, 0.3) is 0 Å². The summed E-state index contributed by atoms with van der Waals surface area (Å²) in [5.41, 5.74) is 1.98. The molecule has 0 atom stereocenters. The molecule has 0 amide bonds. The molecule has 0 radical (unpaired) electrons. The number of methoxy groups -OCH3 is 1. The van der Waals surface area contributed by atoms with Crippen LogP contribution in [0.3, 0.4) is 0 Å². The number of morpholine rings is 1. The molecule has 0 spiro atoms. The highest BCUT2D eigenvalue weighted by Gasteiger charge is 2.22. The number of phenols is 1. The second kappa shape index (κ2) is 8.19. The first kappa shape index (κ1) is 20.0. The van der Waals surface area contributed by atoms with Gasteiger partial charge < -0.3 is 24.6 Å². The van der Waals surface area contributed by atoms with Gasteiger partial charge in [0.2, 0.25) is 0 Å². The van der Waals surface area contributed by atoms with Crippen molar-refractivity contribution in [2.75, 3.05) is 38.3 Å². The lowest BCUT2D eigenvalue weighted by molar-refractivity contribution is 0.122. The second-order valence-electron chi connectivity index (χ2n) is 7.40. The van der Waals surface area contributed by atoms with Crippen LogP contribution in [0.5, 0.6) is 17.5 Å². The molecule has 3 aromatic rings. The SMILES string of the molecule is COc1cc(O)c(C(C)C)cc1-c1nnc(O)n1-c1ccc(N2CCOCC2)nc1. The van der Waals surface area contributed by atoms with Crippen molar-refractivity contribution >= 4 is 5.82 Å². The average Bonchev–Trinajstić information content (AvgIpc) is 3.15. The van der Waals surface area contributed by atoms with E-state index in [0.717, 1.165) is 24.5 Å². The van der Waals surface area contributed by atoms with Crippen LogP contribution >= 0.6 is 0 Å². The fourth-order valence-corrected chi connectivity index (χ4v) is 3.57. The predicted molar refractivity (Wildman–Crippen MR) is 112 cm³/mol. The number of ether oxygens (including phenoxy) is 2. The van der Waals surface area contributed by atoms with Gasteiger partial charge in [-0.25, -0.2) is 9.55 Å². The molecule has 1 saturated heterocycles. The van der Waals surface area contributed by atoms with Crippen LogP contribution in [0.1, 0.15) is 25.3 Å². The first-order valence-electron chi connectivity index (χ1n) is 9.84. The highest BCUT2D eigenvalue weighted by atomic mass is 16.5. The first-order valence-corrected chi connectivity index (χ1v) is 9.84. The number of benzene rings is 1. The van der Waals surface area contributed by atoms with E-state index in [1.165, 1.54) is 11.7 Å². The summed E-state index contributed by atoms with van der Waals surface area (Å²) < 4.78 is 12.4. The van der Waals surface area contributed by atoms with Crippen molar-refractivity contribution in [3.05, 3.63) is 36.0 Å². The van der Waals surface area contributed by atoms with Gasteiger partial charge >= 0.3 is 6.01 Å². The number of aromatic hydroxyl groups is 2. The number of phenolic OH excluding ortho intramolecular Hbond substituents is 1. The second-order valence-corrected chi connectivity index (χ2v) is 7.40. The van der Waals surface area contributed by atoms with Crippen LogP contribution in [0, 0.1) is 0 Å². The minimum Gasteiger partial charge on any atom is -0.508 e. The maximum Gasteiger partial charge on any atom is 0.319 e. The molecule has 9 nitrogen and oxygen atoms in total. The summed E-state index contributed by atoms with van der Waals surface area (Å²) >= 11 is 0. The Balaban J connectivity index is 1.76. The zero-order chi connectivity index (χ0) is 21.3. The molecular weight excluding hydrogens is 386 g/mol. The monoisotopic (exact) mass is 411 g/mol. The van der Waals surface area contributed by atoms with E-state index in [1.54, 1.807) is 12.3 Å². The maximum absolute atomic E-state index is 10.4. The van der Waals surface area contributed by atoms with Crippen molar-refractivity contribution in [1.82, 2.24) is 19.7 Å². The minimum absolute atomic E-state index is 0.0918. The van der Waals surface area contributed by atoms with Crippen molar-refractivity contribution in [3.63, 3.8) is 0 Å². The Morgan fingerprint density at radius 2 is 1.87 bits per heavy atom. The Labute approximate surface area is 174 Å². The van der Waals surface area contributed by atoms with Crippen molar-refractivity contribution in [2.24, 2.45) is 0 Å². The summed E-state index contributed by atoms with van der Waals surface area (Å²) in [4.78, 5) is 6.70. The van der Waals surface area contributed by atoms with E-state index >= 15 is 0 Å². The Morgan fingerprint density at radius 1 is 1.10 bits per heavy atom. The number of pyridine rings is 1. The zero-order valence-electron chi connectivity index (χ0n) is 17.2. The van der Waals surface area contributed by atoms with E-state index in [0.29, 0.717) is 36.0 Å². The molecule has 30 heavy (non-hydrogen) atoms. The van der Waals surface area contributed by atoms with Crippen molar-refractivity contribution in [3.8, 4) is 34.6 Å². The number of anilines is 1. The lowest BCUT2D eigenvalue weighted by Gasteiger charge is -2.27. The zero-order valence-corrected chi connectivity index (χ0v) is 17.2. The lowest BCUT2D eigenvalue weighted by Crippen LogP contribution is -2.36. The smallest absolute Gasteiger partial charge is 0.319 e. The summed E-state index contributed by atoms with van der Waals surface area (Å²) in [6, 6.07) is 6.87. The van der Waals surface area contributed by atoms with Gasteiger partial charge in [-0.05, 0) is 29.7 Å². The average molecular weight is 411 g/mol. The molecule has 0 bridgehead atoms. The molecule has 4 rings (SSSR count). The van der Waals surface area contributed by atoms with E-state index < -0.39 is 0 Å². The maximum atomic E-state index is 10.4. The molecule has 3 heterocycles. The molecule has 158 valence electrons. The third kappa shape index (κ3) is 3.63. The summed E-state index contributed by atoms with van der Waals surface area (Å²) in [6.45, 7) is 6.91. The van der Waals surface area contributed by atoms with Crippen molar-refractivity contribution < 1.29 is 19.7 Å². The van der Waals surface area contributed by atoms with Gasteiger partial charge in [0.1, 0.15) is 17.3 Å². The van der Waals surface area contributed by atoms with Gasteiger partial charge in [-0.15, -0.1) is 5.10 Å². The van der Waals surface area contributed by atoms with Gasteiger partial charge in [-0.3, -0.25) is 0 Å². The van der Waals surface area contributed by atoms with Crippen molar-refractivity contribution in [1.29, 1.82) is 0 Å². The largest absolute Gasteiger partial charge is 0.508 e. The van der Waals surface area contributed by atoms with Crippen LogP contribution in [0.25, 0.3) is 17.1 Å². The number of rotatable bonds is 5. The van der Waals surface area contributed by atoms with Gasteiger partial charge in [0.15, 0.2) is 5.82 Å². The normalized spacial score (nSPS) is 14.3. The van der Waals surface area contributed by atoms with Gasteiger partial charge in [0, 0.05) is 19.2 Å². The third-order valence-corrected chi connectivity index (χ3v) is 5.18. The molecule has 1 aromatic carbocycles. The van der Waals surface area contributed by atoms with Crippen LogP contribution in [-0.2, 0) is 4.74 Å². The van der Waals surface area contributed by atoms with Crippen LogP contribution in [0.4, 0.5) is 5.82 Å². The highest BCUT2D eigenvalue weighted by Crippen LogP contribution is 2.39. The first-order chi connectivity index (χ1) is 14.5. The Bertz CT molecular complexity index is 1030. The van der Waals surface area contributed by atoms with Crippen LogP contribution < -0.4 is 9.64 Å². The van der Waals surface area contributed by atoms with E-state index in [-0.39, 0.29) is 17.7 Å². The number of nitrogens with zero attached hydrogens (tertiary/aromatic N) is 5. The predicted octanol–water partition coefficient (Wildman–Crippen LogP) is 2.71. The van der Waals surface area contributed by atoms with Crippen LogP contribution in [0.15, 0.2) is 30.5 Å². The summed E-state index contributed by atoms with van der Waals surface area (Å²) in [6.07, 6.45) is 1.67. The number of hydrogen-bond donors (Lipinski definition) is 2. The molecular formula is C21H25N5O4. The fraction of sp³-hybridized carbons (Fsp3) is 0.381. The molecule has 0 saturated carbocycles. The quantitative estimate of drug-likeness (QED) is 0.660. The lowest BCUT2D eigenvalue weighted by atomic mass is 9.98. The topological polar surface area (TPSA) is 106 Å². The summed E-state index contributed by atoms with van der Waals surface area (Å²) in [5, 5.41) is 28.7. The van der Waals surface area contributed by atoms with E-state index in [1.807, 2.05) is 32.0 Å². The fourth-order valence-electron chi connectivity index (χ4n) is 3.57. The minimum atomic E-state index is -0.257. The third-order valence-electron chi connectivity index (χ3n) is 5.18. The molecule has 2 aromatic heterocycles. The highest BCUT2D eigenvalue weighted by molar-refractivity contribution is 5.70. The Morgan fingerprint density at radius 3 is 2.50 bits per heavy atom. The molecule has 1 aliphatic heterocycles. The number of aromatic nitrogens is 4. The van der Waals surface area contributed by atoms with Crippen molar-refractivity contribution in [2.45, 2.75) is 19.8 Å². The van der Waals surface area contributed by atoms with Crippen LogP contribution in [-0.4, -0.2) is 63.4 Å². The molecule has 0 aliphatic carbocycles. The van der Waals surface area contributed by atoms with E-state index in [4.69, 9.17) is 9.47 Å². The molecule has 1 fully saturated rings. The Kier molecular flexibility index (Phi) is 5.45. The summed E-state index contributed by atoms with van der Waals surface area (Å²) in [7, 11) is 1.52. The van der Waals surface area contributed by atoms with Gasteiger partial charge in [-0.1, -0.05) is 18.9 Å². The summed E-state index contributed by atoms with van der Waals surface area (Å²) in [5.74, 6) is 1.92. The van der Waals surface area contributed by atoms with E-state index in [9.17, 15) is 10.2 Å². The molecule has 1 aliphatic rings. The van der Waals surface area contributed by atoms with Gasteiger partial charge in [-0.2, -0.15) is 0 Å². The molecule has 0 unspecified atom stereocenters. The Hall–Kier alpha value is -3.33. The molecule has 9 heteroatoms. The van der Waals surface area contributed by atoms with E-state index in [2.05, 4.69) is 20.1 Å².